The predicted octanol–water partition coefficient (Wildman–Crippen LogP) is 3.24. The van der Waals surface area contributed by atoms with E-state index in [1.54, 1.807) is 0 Å². The predicted molar refractivity (Wildman–Crippen MR) is 113 cm³/mol. The summed E-state index contributed by atoms with van der Waals surface area (Å²) in [5.41, 5.74) is 0.970. The van der Waals surface area contributed by atoms with E-state index in [0.717, 1.165) is 44.1 Å². The molecule has 0 radical (unpaired) electrons. The Labute approximate surface area is 177 Å². The zero-order valence-corrected chi connectivity index (χ0v) is 17.3. The van der Waals surface area contributed by atoms with Gasteiger partial charge in [0.05, 0.1) is 11.8 Å². The molecule has 1 aromatic carbocycles. The second-order valence-corrected chi connectivity index (χ2v) is 9.44. The van der Waals surface area contributed by atoms with Gasteiger partial charge in [-0.3, -0.25) is 19.3 Å². The average Bonchev–Trinajstić information content (AvgIpc) is 3.07. The van der Waals surface area contributed by atoms with Crippen LogP contribution in [0.1, 0.15) is 50.5 Å². The monoisotopic (exact) mass is 406 g/mol. The van der Waals surface area contributed by atoms with Crippen molar-refractivity contribution in [1.29, 1.82) is 0 Å². The van der Waals surface area contributed by atoms with Crippen molar-refractivity contribution in [2.75, 3.05) is 0 Å². The number of nitrogens with zero attached hydrogens (tertiary/aromatic N) is 1. The lowest BCUT2D eigenvalue weighted by Crippen LogP contribution is -2.53. The molecule has 158 valence electrons. The third-order valence-electron chi connectivity index (χ3n) is 7.63. The number of likely N-dealkylation sites (tertiary alicyclic amines) is 1. The molecule has 2 saturated carbocycles. The smallest absolute Gasteiger partial charge is 0.243 e. The van der Waals surface area contributed by atoms with Gasteiger partial charge in [0.15, 0.2) is 0 Å². The first-order valence-corrected chi connectivity index (χ1v) is 11.5. The molecule has 5 aliphatic rings. The number of hydrogen-bond acceptors (Lipinski definition) is 3. The van der Waals surface area contributed by atoms with Crippen LogP contribution in [-0.4, -0.2) is 34.7 Å². The van der Waals surface area contributed by atoms with Gasteiger partial charge in [-0.1, -0.05) is 61.7 Å². The lowest BCUT2D eigenvalue weighted by Gasteiger charge is -2.38. The standard InChI is InChI=1S/C25H30N2O3/c28-23(26-19-9-5-2-6-10-19)20(15-16-7-3-1-4-8-16)27-24(29)21-17-11-12-18(14-13-17)22(21)25(27)30/h1,3-4,7-8,11-12,17-22H,2,5-6,9-10,13-15H2,(H,26,28)/t17-,18-,20-,21-,22-/m0/s1. The van der Waals surface area contributed by atoms with Crippen LogP contribution >= 0.6 is 0 Å². The van der Waals surface area contributed by atoms with Crippen LogP contribution in [0.15, 0.2) is 42.5 Å². The number of amides is 3. The Morgan fingerprint density at radius 3 is 2.07 bits per heavy atom. The third-order valence-corrected chi connectivity index (χ3v) is 7.63. The summed E-state index contributed by atoms with van der Waals surface area (Å²) in [6, 6.07) is 9.11. The zero-order chi connectivity index (χ0) is 20.7. The molecule has 3 fully saturated rings. The number of carbonyl (C=O) groups excluding carboxylic acids is 3. The second kappa shape index (κ2) is 8.01. The molecule has 6 rings (SSSR count). The maximum Gasteiger partial charge on any atom is 0.243 e. The molecular weight excluding hydrogens is 376 g/mol. The Hall–Kier alpha value is -2.43. The highest BCUT2D eigenvalue weighted by Gasteiger charge is 2.58. The van der Waals surface area contributed by atoms with E-state index >= 15 is 0 Å². The van der Waals surface area contributed by atoms with Gasteiger partial charge in [0.2, 0.25) is 17.7 Å². The summed E-state index contributed by atoms with van der Waals surface area (Å²) in [6.07, 6.45) is 12.0. The molecular formula is C25H30N2O3. The molecule has 1 saturated heterocycles. The van der Waals surface area contributed by atoms with Crippen molar-refractivity contribution in [3.63, 3.8) is 0 Å². The maximum absolute atomic E-state index is 13.5. The molecule has 0 spiro atoms. The van der Waals surface area contributed by atoms with Crippen LogP contribution in [0, 0.1) is 23.7 Å². The maximum atomic E-state index is 13.5. The van der Waals surface area contributed by atoms with E-state index in [1.807, 2.05) is 30.3 Å². The molecule has 5 heteroatoms. The normalized spacial score (nSPS) is 31.7. The Balaban J connectivity index is 1.43. The number of allylic oxidation sites excluding steroid dienone is 2. The van der Waals surface area contributed by atoms with Gasteiger partial charge in [0, 0.05) is 12.5 Å². The lowest BCUT2D eigenvalue weighted by atomic mass is 9.63. The van der Waals surface area contributed by atoms with Crippen LogP contribution in [0.2, 0.25) is 0 Å². The number of rotatable bonds is 5. The van der Waals surface area contributed by atoms with Crippen molar-refractivity contribution in [3.8, 4) is 0 Å². The molecule has 30 heavy (non-hydrogen) atoms. The van der Waals surface area contributed by atoms with Crippen molar-refractivity contribution in [3.05, 3.63) is 48.0 Å². The van der Waals surface area contributed by atoms with Gasteiger partial charge in [-0.2, -0.15) is 0 Å². The van der Waals surface area contributed by atoms with E-state index in [1.165, 1.54) is 11.3 Å². The summed E-state index contributed by atoms with van der Waals surface area (Å²) in [4.78, 5) is 41.7. The fraction of sp³-hybridized carbons (Fsp3) is 0.560. The fourth-order valence-electron chi connectivity index (χ4n) is 6.09. The minimum absolute atomic E-state index is 0.135. The first-order chi connectivity index (χ1) is 14.6. The van der Waals surface area contributed by atoms with Crippen LogP contribution in [0.4, 0.5) is 0 Å². The zero-order valence-electron chi connectivity index (χ0n) is 17.3. The highest BCUT2D eigenvalue weighted by atomic mass is 16.2. The number of hydrogen-bond donors (Lipinski definition) is 1. The summed E-state index contributed by atoms with van der Waals surface area (Å²) in [5, 5.41) is 3.18. The molecule has 0 aromatic heterocycles. The van der Waals surface area contributed by atoms with Crippen LogP contribution in [0.5, 0.6) is 0 Å². The van der Waals surface area contributed by atoms with E-state index < -0.39 is 6.04 Å². The van der Waals surface area contributed by atoms with Gasteiger partial charge < -0.3 is 5.32 Å². The first kappa shape index (κ1) is 19.5. The highest BCUT2D eigenvalue weighted by molar-refractivity contribution is 6.09. The number of nitrogens with one attached hydrogen (secondary N) is 1. The van der Waals surface area contributed by atoms with Crippen molar-refractivity contribution in [2.24, 2.45) is 23.7 Å². The summed E-state index contributed by atoms with van der Waals surface area (Å²) >= 11 is 0. The molecule has 5 nitrogen and oxygen atoms in total. The third kappa shape index (κ3) is 3.38. The SMILES string of the molecule is O=C(NC1CCCCC1)[C@H](Cc1ccccc1)N1C(=O)[C@@H]2[C@@H](C1=O)[C@H]1C=C[C@H]2CC1. The van der Waals surface area contributed by atoms with Crippen molar-refractivity contribution >= 4 is 17.7 Å². The van der Waals surface area contributed by atoms with Crippen LogP contribution < -0.4 is 5.32 Å². The van der Waals surface area contributed by atoms with Gasteiger partial charge in [-0.25, -0.2) is 0 Å². The largest absolute Gasteiger partial charge is 0.352 e. The lowest BCUT2D eigenvalue weighted by molar-refractivity contribution is -0.148. The van der Waals surface area contributed by atoms with E-state index in [-0.39, 0.29) is 47.4 Å². The molecule has 1 heterocycles. The minimum atomic E-state index is -0.765. The summed E-state index contributed by atoms with van der Waals surface area (Å²) in [7, 11) is 0. The fourth-order valence-corrected chi connectivity index (χ4v) is 6.09. The number of fused-ring (bicyclic) bond motifs is 1. The Morgan fingerprint density at radius 1 is 0.900 bits per heavy atom. The van der Waals surface area contributed by atoms with Gasteiger partial charge in [0.1, 0.15) is 6.04 Å². The highest BCUT2D eigenvalue weighted by Crippen LogP contribution is 2.50. The molecule has 2 bridgehead atoms. The van der Waals surface area contributed by atoms with Crippen molar-refractivity contribution < 1.29 is 14.4 Å². The van der Waals surface area contributed by atoms with Crippen molar-refractivity contribution in [1.82, 2.24) is 10.2 Å². The average molecular weight is 407 g/mol. The molecule has 3 amide bonds. The van der Waals surface area contributed by atoms with Crippen LogP contribution in [0.3, 0.4) is 0 Å². The number of carbonyl (C=O) groups is 3. The Bertz CT molecular complexity index is 826. The number of imide groups is 1. The second-order valence-electron chi connectivity index (χ2n) is 9.44. The van der Waals surface area contributed by atoms with Gasteiger partial charge in [-0.05, 0) is 43.1 Å². The van der Waals surface area contributed by atoms with E-state index in [4.69, 9.17) is 0 Å². The topological polar surface area (TPSA) is 66.5 Å². The summed E-state index contributed by atoms with van der Waals surface area (Å²) < 4.78 is 0. The molecule has 4 aliphatic carbocycles. The minimum Gasteiger partial charge on any atom is -0.352 e. The molecule has 1 N–H and O–H groups in total. The van der Waals surface area contributed by atoms with Gasteiger partial charge >= 0.3 is 0 Å². The van der Waals surface area contributed by atoms with Gasteiger partial charge in [0.25, 0.3) is 0 Å². The molecule has 0 unspecified atom stereocenters. The van der Waals surface area contributed by atoms with E-state index in [9.17, 15) is 14.4 Å². The molecule has 1 aromatic rings. The van der Waals surface area contributed by atoms with Crippen molar-refractivity contribution in [2.45, 2.75) is 63.5 Å². The van der Waals surface area contributed by atoms with Crippen LogP contribution in [0.25, 0.3) is 0 Å². The van der Waals surface area contributed by atoms with E-state index in [0.29, 0.717) is 6.42 Å². The summed E-state index contributed by atoms with van der Waals surface area (Å²) in [6.45, 7) is 0. The van der Waals surface area contributed by atoms with E-state index in [2.05, 4.69) is 17.5 Å². The Morgan fingerprint density at radius 2 is 1.50 bits per heavy atom. The summed E-state index contributed by atoms with van der Waals surface area (Å²) in [5.74, 6) is -0.719. The molecule has 1 aliphatic heterocycles. The quantitative estimate of drug-likeness (QED) is 0.603. The number of benzene rings is 1. The van der Waals surface area contributed by atoms with Gasteiger partial charge in [-0.15, -0.1) is 0 Å². The first-order valence-electron chi connectivity index (χ1n) is 11.5. The van der Waals surface area contributed by atoms with Crippen LogP contribution in [-0.2, 0) is 20.8 Å². The molecule has 5 atom stereocenters. The Kier molecular flexibility index (Phi) is 5.21.